The predicted octanol–water partition coefficient (Wildman–Crippen LogP) is 4.10. The summed E-state index contributed by atoms with van der Waals surface area (Å²) in [6.07, 6.45) is 6.56. The van der Waals surface area contributed by atoms with Crippen molar-refractivity contribution >= 4 is 37.0 Å². The predicted molar refractivity (Wildman–Crippen MR) is 99.7 cm³/mol. The van der Waals surface area contributed by atoms with Crippen molar-refractivity contribution in [1.82, 2.24) is 13.9 Å². The van der Waals surface area contributed by atoms with Crippen LogP contribution >= 0.6 is 15.9 Å². The zero-order valence-electron chi connectivity index (χ0n) is 12.9. The second-order valence-electron chi connectivity index (χ2n) is 5.42. The van der Waals surface area contributed by atoms with Gasteiger partial charge >= 0.3 is 0 Å². The van der Waals surface area contributed by atoms with Crippen LogP contribution in [0.15, 0.2) is 82.7 Å². The average molecular weight is 414 g/mol. The summed E-state index contributed by atoms with van der Waals surface area (Å²) in [4.78, 5) is 8.58. The maximum atomic E-state index is 13.1. The van der Waals surface area contributed by atoms with Crippen molar-refractivity contribution in [1.29, 1.82) is 0 Å². The van der Waals surface area contributed by atoms with E-state index >= 15 is 0 Å². The van der Waals surface area contributed by atoms with E-state index in [1.165, 1.54) is 3.97 Å². The molecule has 0 aliphatic carbocycles. The average Bonchev–Trinajstić information content (AvgIpc) is 3.02. The van der Waals surface area contributed by atoms with Gasteiger partial charge in [0.25, 0.3) is 10.0 Å². The third-order valence-electron chi connectivity index (χ3n) is 3.87. The van der Waals surface area contributed by atoms with E-state index in [1.54, 1.807) is 55.1 Å². The van der Waals surface area contributed by atoms with Crippen LogP contribution in [0.5, 0.6) is 0 Å². The largest absolute Gasteiger partial charge is 0.269 e. The van der Waals surface area contributed by atoms with Crippen LogP contribution in [0.3, 0.4) is 0 Å². The summed E-state index contributed by atoms with van der Waals surface area (Å²) in [5.41, 5.74) is 2.05. The molecule has 0 saturated carbocycles. The molecule has 0 aliphatic rings. The van der Waals surface area contributed by atoms with Gasteiger partial charge in [-0.25, -0.2) is 17.4 Å². The molecule has 0 amide bonds. The number of rotatable bonds is 3. The molecule has 0 radical (unpaired) electrons. The molecule has 3 heterocycles. The normalized spacial score (nSPS) is 11.7. The molecule has 0 unspecified atom stereocenters. The van der Waals surface area contributed by atoms with Crippen LogP contribution < -0.4 is 0 Å². The summed E-state index contributed by atoms with van der Waals surface area (Å²) in [6, 6.07) is 13.9. The van der Waals surface area contributed by atoms with Gasteiger partial charge in [-0.1, -0.05) is 18.2 Å². The minimum Gasteiger partial charge on any atom is -0.265 e. The molecule has 5 nitrogen and oxygen atoms in total. The summed E-state index contributed by atoms with van der Waals surface area (Å²) in [6.45, 7) is 0. The van der Waals surface area contributed by atoms with Crippen LogP contribution in [-0.4, -0.2) is 22.4 Å². The van der Waals surface area contributed by atoms with E-state index in [0.717, 1.165) is 21.0 Å². The quantitative estimate of drug-likeness (QED) is 0.507. The Morgan fingerprint density at radius 3 is 2.44 bits per heavy atom. The first-order chi connectivity index (χ1) is 12.1. The van der Waals surface area contributed by atoms with Crippen molar-refractivity contribution < 1.29 is 8.42 Å². The number of pyridine rings is 2. The molecule has 0 atom stereocenters. The zero-order valence-corrected chi connectivity index (χ0v) is 15.3. The van der Waals surface area contributed by atoms with Crippen LogP contribution in [0.4, 0.5) is 0 Å². The van der Waals surface area contributed by atoms with Gasteiger partial charge in [-0.2, -0.15) is 0 Å². The minimum absolute atomic E-state index is 0.220. The Morgan fingerprint density at radius 1 is 1.00 bits per heavy atom. The van der Waals surface area contributed by atoms with E-state index in [4.69, 9.17) is 0 Å². The lowest BCUT2D eigenvalue weighted by molar-refractivity contribution is 0.589. The first kappa shape index (κ1) is 16.0. The second-order valence-corrected chi connectivity index (χ2v) is 8.15. The SMILES string of the molecule is O=S(=O)(c1ccccc1)n1cc(-c2ccncc2)c2cc(Br)cnc21. The number of nitrogens with zero attached hydrogens (tertiary/aromatic N) is 3. The summed E-state index contributed by atoms with van der Waals surface area (Å²) in [7, 11) is -3.74. The van der Waals surface area contributed by atoms with Crippen molar-refractivity contribution in [3.63, 3.8) is 0 Å². The first-order valence-electron chi connectivity index (χ1n) is 7.45. The van der Waals surface area contributed by atoms with Crippen molar-refractivity contribution in [2.24, 2.45) is 0 Å². The Balaban J connectivity index is 2.04. The van der Waals surface area contributed by atoms with Gasteiger partial charge in [-0.15, -0.1) is 0 Å². The third kappa shape index (κ3) is 2.75. The van der Waals surface area contributed by atoms with E-state index in [2.05, 4.69) is 25.9 Å². The van der Waals surface area contributed by atoms with E-state index < -0.39 is 10.0 Å². The molecule has 0 N–H and O–H groups in total. The van der Waals surface area contributed by atoms with Crippen LogP contribution in [0.2, 0.25) is 0 Å². The summed E-state index contributed by atoms with van der Waals surface area (Å²) >= 11 is 3.41. The number of fused-ring (bicyclic) bond motifs is 1. The highest BCUT2D eigenvalue weighted by Gasteiger charge is 2.22. The van der Waals surface area contributed by atoms with Gasteiger partial charge in [0.1, 0.15) is 0 Å². The smallest absolute Gasteiger partial charge is 0.265 e. The van der Waals surface area contributed by atoms with Gasteiger partial charge < -0.3 is 0 Å². The summed E-state index contributed by atoms with van der Waals surface area (Å²) in [5.74, 6) is 0. The van der Waals surface area contributed by atoms with E-state index in [0.29, 0.717) is 5.65 Å². The zero-order chi connectivity index (χ0) is 17.4. The molecule has 25 heavy (non-hydrogen) atoms. The second kappa shape index (κ2) is 6.09. The monoisotopic (exact) mass is 413 g/mol. The first-order valence-corrected chi connectivity index (χ1v) is 9.68. The van der Waals surface area contributed by atoms with Gasteiger partial charge in [0.2, 0.25) is 0 Å². The Labute approximate surface area is 153 Å². The van der Waals surface area contributed by atoms with Gasteiger partial charge in [0.15, 0.2) is 5.65 Å². The lowest BCUT2D eigenvalue weighted by Crippen LogP contribution is -2.12. The van der Waals surface area contributed by atoms with Gasteiger partial charge in [-0.05, 0) is 51.8 Å². The molecule has 0 aliphatic heterocycles. The molecular formula is C18H12BrN3O2S. The number of benzene rings is 1. The lowest BCUT2D eigenvalue weighted by atomic mass is 10.1. The van der Waals surface area contributed by atoms with E-state index in [9.17, 15) is 8.42 Å². The molecule has 124 valence electrons. The Kier molecular flexibility index (Phi) is 3.89. The molecule has 0 saturated heterocycles. The van der Waals surface area contributed by atoms with Gasteiger partial charge in [0, 0.05) is 40.2 Å². The van der Waals surface area contributed by atoms with Crippen molar-refractivity contribution in [2.75, 3.05) is 0 Å². The number of hydrogen-bond acceptors (Lipinski definition) is 4. The molecule has 3 aromatic heterocycles. The van der Waals surface area contributed by atoms with Crippen molar-refractivity contribution in [3.8, 4) is 11.1 Å². The topological polar surface area (TPSA) is 64.8 Å². The molecular weight excluding hydrogens is 402 g/mol. The van der Waals surface area contributed by atoms with Crippen LogP contribution in [-0.2, 0) is 10.0 Å². The molecule has 0 bridgehead atoms. The molecule has 7 heteroatoms. The summed E-state index contributed by atoms with van der Waals surface area (Å²) in [5, 5.41) is 0.750. The van der Waals surface area contributed by atoms with E-state index in [1.807, 2.05) is 18.2 Å². The van der Waals surface area contributed by atoms with Crippen LogP contribution in [0, 0.1) is 0 Å². The van der Waals surface area contributed by atoms with Crippen molar-refractivity contribution in [3.05, 3.63) is 77.8 Å². The van der Waals surface area contributed by atoms with E-state index in [-0.39, 0.29) is 4.90 Å². The molecule has 4 aromatic rings. The Bertz CT molecular complexity index is 1160. The summed E-state index contributed by atoms with van der Waals surface area (Å²) < 4.78 is 28.2. The highest BCUT2D eigenvalue weighted by Crippen LogP contribution is 2.33. The fraction of sp³-hybridized carbons (Fsp3) is 0. The number of hydrogen-bond donors (Lipinski definition) is 0. The highest BCUT2D eigenvalue weighted by molar-refractivity contribution is 9.10. The minimum atomic E-state index is -3.74. The molecule has 0 spiro atoms. The fourth-order valence-corrected chi connectivity index (χ4v) is 4.38. The number of aromatic nitrogens is 3. The molecule has 0 fully saturated rings. The lowest BCUT2D eigenvalue weighted by Gasteiger charge is -2.06. The standard InChI is InChI=1S/C18H12BrN3O2S/c19-14-10-16-17(13-6-8-20-9-7-13)12-22(18(16)21-11-14)25(23,24)15-4-2-1-3-5-15/h1-12H. The number of halogens is 1. The Hall–Kier alpha value is -2.51. The van der Waals surface area contributed by atoms with Gasteiger partial charge in [-0.3, -0.25) is 4.98 Å². The Morgan fingerprint density at radius 2 is 1.72 bits per heavy atom. The fourth-order valence-electron chi connectivity index (χ4n) is 2.70. The highest BCUT2D eigenvalue weighted by atomic mass is 79.9. The van der Waals surface area contributed by atoms with Crippen molar-refractivity contribution in [2.45, 2.75) is 4.90 Å². The molecule has 1 aromatic carbocycles. The van der Waals surface area contributed by atoms with Crippen LogP contribution in [0.1, 0.15) is 0 Å². The maximum Gasteiger partial charge on any atom is 0.269 e. The third-order valence-corrected chi connectivity index (χ3v) is 5.97. The van der Waals surface area contributed by atoms with Crippen LogP contribution in [0.25, 0.3) is 22.2 Å². The maximum absolute atomic E-state index is 13.1. The molecule has 4 rings (SSSR count). The van der Waals surface area contributed by atoms with Gasteiger partial charge in [0.05, 0.1) is 4.90 Å².